The second-order valence-electron chi connectivity index (χ2n) is 4.68. The lowest BCUT2D eigenvalue weighted by molar-refractivity contribution is 0.370. The van der Waals surface area contributed by atoms with Gasteiger partial charge in [-0.3, -0.25) is 0 Å². The van der Waals surface area contributed by atoms with Crippen molar-refractivity contribution in [2.24, 2.45) is 5.92 Å². The number of hydrogen-bond acceptors (Lipinski definition) is 2. The second-order valence-corrected chi connectivity index (χ2v) is 4.68. The molecule has 0 radical (unpaired) electrons. The highest BCUT2D eigenvalue weighted by Crippen LogP contribution is 2.28. The summed E-state index contributed by atoms with van der Waals surface area (Å²) in [5.74, 6) is 1.94. The van der Waals surface area contributed by atoms with Gasteiger partial charge in [0.05, 0.1) is 6.26 Å². The minimum atomic E-state index is 0.457. The first-order valence-corrected chi connectivity index (χ1v) is 7.06. The zero-order valence-corrected chi connectivity index (χ0v) is 11.8. The number of hydrogen-bond donors (Lipinski definition) is 1. The van der Waals surface area contributed by atoms with Crippen LogP contribution in [0.25, 0.3) is 0 Å². The van der Waals surface area contributed by atoms with Crippen LogP contribution in [0.3, 0.4) is 0 Å². The van der Waals surface area contributed by atoms with Crippen molar-refractivity contribution < 1.29 is 4.42 Å². The maximum absolute atomic E-state index is 5.55. The lowest BCUT2D eigenvalue weighted by atomic mass is 9.91. The quantitative estimate of drug-likeness (QED) is 0.728. The Morgan fingerprint density at radius 1 is 1.18 bits per heavy atom. The molecule has 1 N–H and O–H groups in total. The van der Waals surface area contributed by atoms with Gasteiger partial charge >= 0.3 is 0 Å². The third kappa shape index (κ3) is 3.88. The molecule has 1 aromatic heterocycles. The highest BCUT2D eigenvalue weighted by molar-refractivity contribution is 5.21. The van der Waals surface area contributed by atoms with E-state index in [1.54, 1.807) is 0 Å². The van der Waals surface area contributed by atoms with Gasteiger partial charge in [-0.1, -0.05) is 40.5 Å². The zero-order chi connectivity index (χ0) is 12.7. The molecule has 0 aliphatic carbocycles. The molecule has 1 heterocycles. The summed E-state index contributed by atoms with van der Waals surface area (Å²) < 4.78 is 5.55. The van der Waals surface area contributed by atoms with Crippen molar-refractivity contribution in [3.8, 4) is 0 Å². The molecule has 98 valence electrons. The maximum Gasteiger partial charge on any atom is 0.108 e. The van der Waals surface area contributed by atoms with Crippen molar-refractivity contribution in [1.82, 2.24) is 5.32 Å². The fourth-order valence-corrected chi connectivity index (χ4v) is 2.47. The molecule has 2 heteroatoms. The number of nitrogens with one attached hydrogen (secondary N) is 1. The zero-order valence-electron chi connectivity index (χ0n) is 11.8. The highest BCUT2D eigenvalue weighted by Gasteiger charge is 2.19. The predicted molar refractivity (Wildman–Crippen MR) is 73.2 cm³/mol. The van der Waals surface area contributed by atoms with Crippen LogP contribution in [0.5, 0.6) is 0 Å². The van der Waals surface area contributed by atoms with Gasteiger partial charge in [0.15, 0.2) is 0 Å². The Balaban J connectivity index is 2.77. The van der Waals surface area contributed by atoms with Gasteiger partial charge in [0.1, 0.15) is 5.76 Å². The van der Waals surface area contributed by atoms with Gasteiger partial charge in [0.25, 0.3) is 0 Å². The third-order valence-corrected chi connectivity index (χ3v) is 3.65. The Kier molecular flexibility index (Phi) is 6.35. The SMILES string of the molecule is CCNC(CC(CC)CC)c1ccoc1CC. The minimum absolute atomic E-state index is 0.457. The molecule has 0 fully saturated rings. The van der Waals surface area contributed by atoms with E-state index in [1.807, 2.05) is 6.26 Å². The van der Waals surface area contributed by atoms with Crippen LogP contribution in [0.2, 0.25) is 0 Å². The van der Waals surface area contributed by atoms with E-state index in [4.69, 9.17) is 4.42 Å². The van der Waals surface area contributed by atoms with Gasteiger partial charge in [0, 0.05) is 18.0 Å². The van der Waals surface area contributed by atoms with Crippen LogP contribution in [0.15, 0.2) is 16.7 Å². The van der Waals surface area contributed by atoms with Gasteiger partial charge in [0.2, 0.25) is 0 Å². The Morgan fingerprint density at radius 3 is 2.41 bits per heavy atom. The molecule has 0 aliphatic rings. The van der Waals surface area contributed by atoms with E-state index in [0.29, 0.717) is 6.04 Å². The van der Waals surface area contributed by atoms with Gasteiger partial charge in [-0.25, -0.2) is 0 Å². The fourth-order valence-electron chi connectivity index (χ4n) is 2.47. The van der Waals surface area contributed by atoms with Crippen LogP contribution in [-0.2, 0) is 6.42 Å². The van der Waals surface area contributed by atoms with E-state index in [-0.39, 0.29) is 0 Å². The van der Waals surface area contributed by atoms with E-state index in [0.717, 1.165) is 24.6 Å². The lowest BCUT2D eigenvalue weighted by Crippen LogP contribution is -2.23. The molecule has 0 amide bonds. The standard InChI is InChI=1S/C15H27NO/c1-5-12(6-2)11-14(16-8-4)13-9-10-17-15(13)7-3/h9-10,12,14,16H,5-8,11H2,1-4H3. The molecule has 1 unspecified atom stereocenters. The molecular weight excluding hydrogens is 210 g/mol. The third-order valence-electron chi connectivity index (χ3n) is 3.65. The fraction of sp³-hybridized carbons (Fsp3) is 0.733. The summed E-state index contributed by atoms with van der Waals surface area (Å²) in [5.41, 5.74) is 1.36. The smallest absolute Gasteiger partial charge is 0.108 e. The van der Waals surface area contributed by atoms with E-state index < -0.39 is 0 Å². The van der Waals surface area contributed by atoms with Crippen molar-refractivity contribution >= 4 is 0 Å². The predicted octanol–water partition coefficient (Wildman–Crippen LogP) is 4.32. The van der Waals surface area contributed by atoms with Gasteiger partial charge in [-0.15, -0.1) is 0 Å². The van der Waals surface area contributed by atoms with E-state index in [2.05, 4.69) is 39.1 Å². The number of furan rings is 1. The van der Waals surface area contributed by atoms with Crippen LogP contribution < -0.4 is 5.32 Å². The average Bonchev–Trinajstić information content (AvgIpc) is 2.82. The summed E-state index contributed by atoms with van der Waals surface area (Å²) in [7, 11) is 0. The molecule has 0 bridgehead atoms. The van der Waals surface area contributed by atoms with Crippen molar-refractivity contribution in [3.05, 3.63) is 23.7 Å². The summed E-state index contributed by atoms with van der Waals surface area (Å²) in [5, 5.41) is 3.60. The van der Waals surface area contributed by atoms with Crippen LogP contribution in [0.4, 0.5) is 0 Å². The van der Waals surface area contributed by atoms with Crippen molar-refractivity contribution in [1.29, 1.82) is 0 Å². The Labute approximate surface area is 106 Å². The molecule has 17 heavy (non-hydrogen) atoms. The molecule has 0 aliphatic heterocycles. The molecule has 0 saturated heterocycles. The van der Waals surface area contributed by atoms with Gasteiger partial charge in [-0.2, -0.15) is 0 Å². The monoisotopic (exact) mass is 237 g/mol. The Morgan fingerprint density at radius 2 is 1.88 bits per heavy atom. The van der Waals surface area contributed by atoms with Crippen molar-refractivity contribution in [3.63, 3.8) is 0 Å². The summed E-state index contributed by atoms with van der Waals surface area (Å²) in [6.07, 6.45) is 6.54. The Bertz CT molecular complexity index is 302. The minimum Gasteiger partial charge on any atom is -0.469 e. The summed E-state index contributed by atoms with van der Waals surface area (Å²) in [6, 6.07) is 2.59. The van der Waals surface area contributed by atoms with Crippen molar-refractivity contribution in [2.75, 3.05) is 6.54 Å². The molecular formula is C15H27NO. The molecule has 0 aromatic carbocycles. The average molecular weight is 237 g/mol. The lowest BCUT2D eigenvalue weighted by Gasteiger charge is -2.22. The summed E-state index contributed by atoms with van der Waals surface area (Å²) >= 11 is 0. The van der Waals surface area contributed by atoms with E-state index in [1.165, 1.54) is 24.8 Å². The Hall–Kier alpha value is -0.760. The molecule has 0 spiro atoms. The maximum atomic E-state index is 5.55. The van der Waals surface area contributed by atoms with Crippen LogP contribution in [-0.4, -0.2) is 6.54 Å². The largest absolute Gasteiger partial charge is 0.469 e. The first-order valence-electron chi connectivity index (χ1n) is 7.06. The van der Waals surface area contributed by atoms with Gasteiger partial charge in [-0.05, 0) is 24.9 Å². The van der Waals surface area contributed by atoms with Crippen LogP contribution >= 0.6 is 0 Å². The molecule has 1 aromatic rings. The van der Waals surface area contributed by atoms with Crippen molar-refractivity contribution in [2.45, 2.75) is 59.4 Å². The summed E-state index contributed by atoms with van der Waals surface area (Å²) in [6.45, 7) is 9.91. The van der Waals surface area contributed by atoms with Crippen LogP contribution in [0, 0.1) is 5.92 Å². The molecule has 2 nitrogen and oxygen atoms in total. The topological polar surface area (TPSA) is 25.2 Å². The normalized spacial score (nSPS) is 13.2. The second kappa shape index (κ2) is 7.54. The summed E-state index contributed by atoms with van der Waals surface area (Å²) in [4.78, 5) is 0. The van der Waals surface area contributed by atoms with Gasteiger partial charge < -0.3 is 9.73 Å². The number of aryl methyl sites for hydroxylation is 1. The van der Waals surface area contributed by atoms with Crippen LogP contribution in [0.1, 0.15) is 64.3 Å². The first kappa shape index (κ1) is 14.3. The molecule has 1 rings (SSSR count). The van der Waals surface area contributed by atoms with E-state index in [9.17, 15) is 0 Å². The molecule has 1 atom stereocenters. The highest BCUT2D eigenvalue weighted by atomic mass is 16.3. The first-order chi connectivity index (χ1) is 8.26. The van der Waals surface area contributed by atoms with E-state index >= 15 is 0 Å². The molecule has 0 saturated carbocycles. The number of rotatable bonds is 8.